The Hall–Kier alpha value is -2.36. The van der Waals surface area contributed by atoms with Gasteiger partial charge in [0.15, 0.2) is 0 Å². The summed E-state index contributed by atoms with van der Waals surface area (Å²) in [6.45, 7) is 6.01. The average Bonchev–Trinajstić information content (AvgIpc) is 2.74. The van der Waals surface area contributed by atoms with Gasteiger partial charge in [-0.05, 0) is 36.8 Å². The third kappa shape index (κ3) is 5.26. The van der Waals surface area contributed by atoms with E-state index in [2.05, 4.69) is 10.3 Å². The first-order chi connectivity index (χ1) is 10.2. The van der Waals surface area contributed by atoms with Gasteiger partial charge in [-0.2, -0.15) is 0 Å². The molecule has 0 aliphatic carbocycles. The van der Waals surface area contributed by atoms with Gasteiger partial charge in [0.05, 0.1) is 0 Å². The molecule has 1 amide bonds. The normalized spacial score (nSPS) is 13.1. The van der Waals surface area contributed by atoms with Crippen LogP contribution in [0.3, 0.4) is 0 Å². The summed E-state index contributed by atoms with van der Waals surface area (Å²) in [6, 6.07) is 7.81. The molecular weight excluding hydrogens is 264 g/mol. The molecule has 0 saturated heterocycles. The van der Waals surface area contributed by atoms with Crippen molar-refractivity contribution in [2.45, 2.75) is 27.2 Å². The van der Waals surface area contributed by atoms with Gasteiger partial charge in [0, 0.05) is 19.7 Å². The molecule has 0 aromatic heterocycles. The smallest absolute Gasteiger partial charge is 0.265 e. The van der Waals surface area contributed by atoms with Crippen LogP contribution in [0.4, 0.5) is 0 Å². The highest BCUT2D eigenvalue weighted by atomic mass is 16.5. The predicted molar refractivity (Wildman–Crippen MR) is 86.5 cm³/mol. The summed E-state index contributed by atoms with van der Waals surface area (Å²) in [4.78, 5) is 15.6. The number of carbonyl (C=O) groups excluding carboxylic acids is 1. The second-order valence-corrected chi connectivity index (χ2v) is 4.20. The minimum Gasteiger partial charge on any atom is -0.458 e. The van der Waals surface area contributed by atoms with E-state index in [0.717, 1.165) is 11.3 Å². The van der Waals surface area contributed by atoms with Gasteiger partial charge in [-0.25, -0.2) is 0 Å². The summed E-state index contributed by atoms with van der Waals surface area (Å²) in [5, 5.41) is 2.56. The molecule has 2 rings (SSSR count). The van der Waals surface area contributed by atoms with E-state index in [4.69, 9.17) is 4.74 Å². The number of hydrogen-bond donors (Lipinski definition) is 1. The Kier molecular flexibility index (Phi) is 6.95. The van der Waals surface area contributed by atoms with Crippen molar-refractivity contribution < 1.29 is 9.53 Å². The summed E-state index contributed by atoms with van der Waals surface area (Å²) >= 11 is 0. The number of aliphatic imine (C=N–C) groups is 1. The lowest BCUT2D eigenvalue weighted by Gasteiger charge is -2.06. The van der Waals surface area contributed by atoms with E-state index in [1.807, 2.05) is 51.1 Å². The Bertz CT molecular complexity index is 572. The van der Waals surface area contributed by atoms with E-state index in [9.17, 15) is 4.79 Å². The van der Waals surface area contributed by atoms with E-state index >= 15 is 0 Å². The molecule has 1 aromatic rings. The van der Waals surface area contributed by atoms with Gasteiger partial charge in [-0.15, -0.1) is 0 Å². The zero-order valence-electron chi connectivity index (χ0n) is 13.0. The number of hydrogen-bond acceptors (Lipinski definition) is 3. The second kappa shape index (κ2) is 8.74. The Labute approximate surface area is 126 Å². The van der Waals surface area contributed by atoms with Crippen LogP contribution in [0.5, 0.6) is 5.75 Å². The standard InChI is InChI=1S/C15H16N2O2.C2H6/c1-11-4-3-5-13(10-11)19-12-6-7-14(15(18)16-2)17-9-8-12;1-2/h3-6,8-10H,7H2,1-2H3,(H,16,18);1-2H3. The van der Waals surface area contributed by atoms with Crippen molar-refractivity contribution in [2.75, 3.05) is 7.05 Å². The number of nitrogens with zero attached hydrogens (tertiary/aromatic N) is 1. The maximum Gasteiger partial charge on any atom is 0.265 e. The van der Waals surface area contributed by atoms with Gasteiger partial charge in [0.25, 0.3) is 5.91 Å². The molecular formula is C17H22N2O2. The van der Waals surface area contributed by atoms with Crippen molar-refractivity contribution in [1.29, 1.82) is 0 Å². The van der Waals surface area contributed by atoms with E-state index in [1.165, 1.54) is 0 Å². The van der Waals surface area contributed by atoms with Gasteiger partial charge < -0.3 is 10.1 Å². The largest absolute Gasteiger partial charge is 0.458 e. The summed E-state index contributed by atoms with van der Waals surface area (Å²) in [7, 11) is 1.59. The van der Waals surface area contributed by atoms with Crippen LogP contribution in [0.15, 0.2) is 53.4 Å². The molecule has 0 saturated carbocycles. The lowest BCUT2D eigenvalue weighted by Crippen LogP contribution is -2.26. The van der Waals surface area contributed by atoms with Crippen LogP contribution in [0.25, 0.3) is 0 Å². The summed E-state index contributed by atoms with van der Waals surface area (Å²) in [5.74, 6) is 1.30. The molecule has 4 heteroatoms. The van der Waals surface area contributed by atoms with E-state index < -0.39 is 0 Å². The summed E-state index contributed by atoms with van der Waals surface area (Å²) < 4.78 is 5.75. The molecule has 1 aliphatic heterocycles. The molecule has 1 N–H and O–H groups in total. The molecule has 0 bridgehead atoms. The first-order valence-electron chi connectivity index (χ1n) is 7.09. The molecule has 0 spiro atoms. The van der Waals surface area contributed by atoms with Gasteiger partial charge in [-0.3, -0.25) is 9.79 Å². The SMILES string of the molecule is CC.CNC(=O)C1=NC=CC(Oc2cccc(C)c2)=CC1. The van der Waals surface area contributed by atoms with Gasteiger partial charge in [0.1, 0.15) is 17.2 Å². The minimum absolute atomic E-state index is 0.169. The number of carbonyl (C=O) groups is 1. The lowest BCUT2D eigenvalue weighted by molar-refractivity contribution is -0.114. The maximum atomic E-state index is 11.5. The Morgan fingerprint density at radius 1 is 1.33 bits per heavy atom. The summed E-state index contributed by atoms with van der Waals surface area (Å²) in [5.41, 5.74) is 1.61. The molecule has 0 fully saturated rings. The van der Waals surface area contributed by atoms with Gasteiger partial charge >= 0.3 is 0 Å². The van der Waals surface area contributed by atoms with E-state index in [1.54, 1.807) is 19.3 Å². The molecule has 1 aromatic carbocycles. The number of allylic oxidation sites excluding steroid dienone is 2. The summed E-state index contributed by atoms with van der Waals surface area (Å²) in [6.07, 6.45) is 5.63. The Morgan fingerprint density at radius 2 is 2.10 bits per heavy atom. The van der Waals surface area contributed by atoms with Crippen LogP contribution in [-0.2, 0) is 4.79 Å². The van der Waals surface area contributed by atoms with E-state index in [0.29, 0.717) is 17.9 Å². The number of rotatable bonds is 3. The van der Waals surface area contributed by atoms with Crippen molar-refractivity contribution >= 4 is 11.6 Å². The van der Waals surface area contributed by atoms with Crippen molar-refractivity contribution in [1.82, 2.24) is 5.32 Å². The molecule has 0 atom stereocenters. The molecule has 0 unspecified atom stereocenters. The number of benzene rings is 1. The Balaban J connectivity index is 0.00000106. The number of ether oxygens (including phenoxy) is 1. The van der Waals surface area contributed by atoms with Crippen LogP contribution < -0.4 is 10.1 Å². The maximum absolute atomic E-state index is 11.5. The number of aryl methyl sites for hydroxylation is 1. The third-order valence-electron chi connectivity index (χ3n) is 2.68. The zero-order valence-corrected chi connectivity index (χ0v) is 13.0. The fourth-order valence-electron chi connectivity index (χ4n) is 1.70. The van der Waals surface area contributed by atoms with Crippen LogP contribution >= 0.6 is 0 Å². The fraction of sp³-hybridized carbons (Fsp3) is 0.294. The Morgan fingerprint density at radius 3 is 2.76 bits per heavy atom. The van der Waals surface area contributed by atoms with Gasteiger partial charge in [-0.1, -0.05) is 26.0 Å². The van der Waals surface area contributed by atoms with Crippen LogP contribution in [0, 0.1) is 6.92 Å². The van der Waals surface area contributed by atoms with Gasteiger partial charge in [0.2, 0.25) is 0 Å². The third-order valence-corrected chi connectivity index (χ3v) is 2.68. The predicted octanol–water partition coefficient (Wildman–Crippen LogP) is 3.39. The molecule has 21 heavy (non-hydrogen) atoms. The average molecular weight is 286 g/mol. The minimum atomic E-state index is -0.169. The van der Waals surface area contributed by atoms with Crippen LogP contribution in [0.2, 0.25) is 0 Å². The number of nitrogens with one attached hydrogen (secondary N) is 1. The molecule has 4 nitrogen and oxygen atoms in total. The topological polar surface area (TPSA) is 50.7 Å². The monoisotopic (exact) mass is 286 g/mol. The molecule has 112 valence electrons. The molecule has 0 radical (unpaired) electrons. The highest BCUT2D eigenvalue weighted by Crippen LogP contribution is 2.17. The molecule has 1 aliphatic rings. The lowest BCUT2D eigenvalue weighted by atomic mass is 10.2. The quantitative estimate of drug-likeness (QED) is 0.926. The van der Waals surface area contributed by atoms with Crippen molar-refractivity contribution in [3.63, 3.8) is 0 Å². The number of amides is 1. The first-order valence-corrected chi connectivity index (χ1v) is 7.09. The second-order valence-electron chi connectivity index (χ2n) is 4.20. The first kappa shape index (κ1) is 16.7. The fourth-order valence-corrected chi connectivity index (χ4v) is 1.70. The highest BCUT2D eigenvalue weighted by molar-refractivity contribution is 6.39. The van der Waals surface area contributed by atoms with Crippen LogP contribution in [-0.4, -0.2) is 18.7 Å². The van der Waals surface area contributed by atoms with Crippen molar-refractivity contribution in [3.05, 3.63) is 53.9 Å². The van der Waals surface area contributed by atoms with Crippen molar-refractivity contribution in [2.24, 2.45) is 4.99 Å². The van der Waals surface area contributed by atoms with E-state index in [-0.39, 0.29) is 5.91 Å². The highest BCUT2D eigenvalue weighted by Gasteiger charge is 2.10. The van der Waals surface area contributed by atoms with Crippen molar-refractivity contribution in [3.8, 4) is 5.75 Å². The van der Waals surface area contributed by atoms with Crippen LogP contribution in [0.1, 0.15) is 25.8 Å². The molecule has 1 heterocycles. The zero-order chi connectivity index (χ0) is 15.7.